The fourth-order valence-corrected chi connectivity index (χ4v) is 3.50. The van der Waals surface area contributed by atoms with Crippen molar-refractivity contribution in [2.75, 3.05) is 30.3 Å². The maximum absolute atomic E-state index is 12.9. The Morgan fingerprint density at radius 1 is 1.07 bits per heavy atom. The Morgan fingerprint density at radius 2 is 1.71 bits per heavy atom. The molecule has 0 unspecified atom stereocenters. The number of nitrogens with zero attached hydrogens (tertiary/aromatic N) is 1. The Kier molecular flexibility index (Phi) is 6.80. The molecule has 1 heterocycles. The second-order valence-corrected chi connectivity index (χ2v) is 7.91. The molecule has 0 saturated carbocycles. The van der Waals surface area contributed by atoms with Crippen LogP contribution >= 0.6 is 15.9 Å². The summed E-state index contributed by atoms with van der Waals surface area (Å²) < 4.78 is 13.9. The molecule has 1 aliphatic rings. The Morgan fingerprint density at radius 3 is 2.36 bits per heavy atom. The van der Waals surface area contributed by atoms with Gasteiger partial charge in [0.25, 0.3) is 0 Å². The van der Waals surface area contributed by atoms with Gasteiger partial charge in [0.1, 0.15) is 5.82 Å². The number of carbonyl (C=O) groups excluding carboxylic acids is 2. The SMILES string of the molecule is Cc1cc(NC(=O)C2CCN(CC(=O)Nc3ccc(F)cc3)CC2)ccc1Br. The van der Waals surface area contributed by atoms with Crippen LogP contribution in [0.3, 0.4) is 0 Å². The lowest BCUT2D eigenvalue weighted by Crippen LogP contribution is -2.41. The minimum Gasteiger partial charge on any atom is -0.326 e. The van der Waals surface area contributed by atoms with Crippen LogP contribution < -0.4 is 10.6 Å². The molecule has 0 bridgehead atoms. The lowest BCUT2D eigenvalue weighted by molar-refractivity contribution is -0.121. The van der Waals surface area contributed by atoms with E-state index in [0.717, 1.165) is 15.7 Å². The van der Waals surface area contributed by atoms with E-state index in [1.54, 1.807) is 0 Å². The van der Waals surface area contributed by atoms with Crippen molar-refractivity contribution < 1.29 is 14.0 Å². The second-order valence-electron chi connectivity index (χ2n) is 7.06. The predicted octanol–water partition coefficient (Wildman–Crippen LogP) is 4.19. The summed E-state index contributed by atoms with van der Waals surface area (Å²) in [5.74, 6) is -0.506. The van der Waals surface area contributed by atoms with Crippen LogP contribution in [-0.4, -0.2) is 36.3 Å². The van der Waals surface area contributed by atoms with Crippen LogP contribution in [0.5, 0.6) is 0 Å². The maximum atomic E-state index is 12.9. The van der Waals surface area contributed by atoms with Crippen LogP contribution in [-0.2, 0) is 9.59 Å². The highest BCUT2D eigenvalue weighted by Gasteiger charge is 2.26. The van der Waals surface area contributed by atoms with Crippen molar-refractivity contribution in [1.82, 2.24) is 4.90 Å². The van der Waals surface area contributed by atoms with Gasteiger partial charge in [-0.1, -0.05) is 15.9 Å². The van der Waals surface area contributed by atoms with Gasteiger partial charge < -0.3 is 10.6 Å². The minimum absolute atomic E-state index is 0.0251. The first-order valence-electron chi connectivity index (χ1n) is 9.25. The summed E-state index contributed by atoms with van der Waals surface area (Å²) in [6, 6.07) is 11.4. The first-order valence-corrected chi connectivity index (χ1v) is 10.0. The molecular weight excluding hydrogens is 425 g/mol. The maximum Gasteiger partial charge on any atom is 0.238 e. The molecule has 7 heteroatoms. The average Bonchev–Trinajstić information content (AvgIpc) is 2.67. The summed E-state index contributed by atoms with van der Waals surface area (Å²) in [6.07, 6.45) is 1.43. The van der Waals surface area contributed by atoms with Gasteiger partial charge in [0.2, 0.25) is 11.8 Å². The fraction of sp³-hybridized carbons (Fsp3) is 0.333. The van der Waals surface area contributed by atoms with E-state index < -0.39 is 0 Å². The van der Waals surface area contributed by atoms with Crippen molar-refractivity contribution in [2.45, 2.75) is 19.8 Å². The molecule has 28 heavy (non-hydrogen) atoms. The number of nitrogens with one attached hydrogen (secondary N) is 2. The van der Waals surface area contributed by atoms with Gasteiger partial charge in [0.05, 0.1) is 6.54 Å². The number of carbonyl (C=O) groups is 2. The zero-order chi connectivity index (χ0) is 20.1. The van der Waals surface area contributed by atoms with Gasteiger partial charge in [-0.25, -0.2) is 4.39 Å². The van der Waals surface area contributed by atoms with Gasteiger partial charge in [-0.15, -0.1) is 0 Å². The van der Waals surface area contributed by atoms with Crippen LogP contribution in [0.1, 0.15) is 18.4 Å². The number of likely N-dealkylation sites (tertiary alicyclic amines) is 1. The lowest BCUT2D eigenvalue weighted by Gasteiger charge is -2.30. The van der Waals surface area contributed by atoms with Gasteiger partial charge in [-0.2, -0.15) is 0 Å². The summed E-state index contributed by atoms with van der Waals surface area (Å²) in [4.78, 5) is 26.7. The monoisotopic (exact) mass is 447 g/mol. The van der Waals surface area contributed by atoms with E-state index in [-0.39, 0.29) is 30.1 Å². The molecule has 2 amide bonds. The van der Waals surface area contributed by atoms with Crippen LogP contribution in [0, 0.1) is 18.7 Å². The van der Waals surface area contributed by atoms with Crippen molar-refractivity contribution in [3.63, 3.8) is 0 Å². The molecule has 0 radical (unpaired) electrons. The van der Waals surface area contributed by atoms with Crippen LogP contribution in [0.25, 0.3) is 0 Å². The molecule has 2 aromatic carbocycles. The molecule has 0 aliphatic carbocycles. The molecule has 2 aromatic rings. The first-order chi connectivity index (χ1) is 13.4. The zero-order valence-electron chi connectivity index (χ0n) is 15.7. The van der Waals surface area contributed by atoms with E-state index >= 15 is 0 Å². The first kappa shape index (κ1) is 20.5. The number of halogens is 2. The molecule has 2 N–H and O–H groups in total. The Bertz CT molecular complexity index is 849. The smallest absolute Gasteiger partial charge is 0.238 e. The molecule has 1 fully saturated rings. The number of hydrogen-bond donors (Lipinski definition) is 2. The highest BCUT2D eigenvalue weighted by molar-refractivity contribution is 9.10. The largest absolute Gasteiger partial charge is 0.326 e. The molecule has 148 valence electrons. The highest BCUT2D eigenvalue weighted by Crippen LogP contribution is 2.23. The van der Waals surface area contributed by atoms with Gasteiger partial charge in [-0.05, 0) is 80.9 Å². The molecule has 1 saturated heterocycles. The normalized spacial score (nSPS) is 15.2. The summed E-state index contributed by atoms with van der Waals surface area (Å²) in [5, 5.41) is 5.75. The van der Waals surface area contributed by atoms with E-state index in [2.05, 4.69) is 26.6 Å². The molecule has 0 spiro atoms. The Balaban J connectivity index is 1.44. The second kappa shape index (κ2) is 9.30. The molecular formula is C21H23BrFN3O2. The summed E-state index contributed by atoms with van der Waals surface area (Å²) >= 11 is 3.45. The summed E-state index contributed by atoms with van der Waals surface area (Å²) in [7, 11) is 0. The topological polar surface area (TPSA) is 61.4 Å². The molecule has 1 aliphatic heterocycles. The number of hydrogen-bond acceptors (Lipinski definition) is 3. The minimum atomic E-state index is -0.336. The Hall–Kier alpha value is -2.25. The quantitative estimate of drug-likeness (QED) is 0.722. The summed E-state index contributed by atoms with van der Waals surface area (Å²) in [5.41, 5.74) is 2.44. The lowest BCUT2D eigenvalue weighted by atomic mass is 9.95. The Labute approximate surface area is 172 Å². The standard InChI is InChI=1S/C21H23BrFN3O2/c1-14-12-18(6-7-19(14)22)25-21(28)15-8-10-26(11-9-15)13-20(27)24-17-4-2-16(23)3-5-17/h2-7,12,15H,8-11,13H2,1H3,(H,24,27)(H,25,28). The predicted molar refractivity (Wildman–Crippen MR) is 112 cm³/mol. The third-order valence-electron chi connectivity index (χ3n) is 4.88. The van der Waals surface area contributed by atoms with Crippen molar-refractivity contribution in [2.24, 2.45) is 5.92 Å². The van der Waals surface area contributed by atoms with E-state index in [9.17, 15) is 14.0 Å². The van der Waals surface area contributed by atoms with Crippen molar-refractivity contribution in [3.8, 4) is 0 Å². The van der Waals surface area contributed by atoms with E-state index in [1.165, 1.54) is 24.3 Å². The number of piperidine rings is 1. The van der Waals surface area contributed by atoms with Crippen LogP contribution in [0.4, 0.5) is 15.8 Å². The van der Waals surface area contributed by atoms with E-state index in [0.29, 0.717) is 31.6 Å². The third-order valence-corrected chi connectivity index (χ3v) is 5.77. The van der Waals surface area contributed by atoms with E-state index in [4.69, 9.17) is 0 Å². The van der Waals surface area contributed by atoms with Crippen molar-refractivity contribution in [1.29, 1.82) is 0 Å². The van der Waals surface area contributed by atoms with Crippen LogP contribution in [0.15, 0.2) is 46.9 Å². The molecule has 0 atom stereocenters. The van der Waals surface area contributed by atoms with Gasteiger partial charge in [0, 0.05) is 21.8 Å². The number of rotatable bonds is 5. The van der Waals surface area contributed by atoms with Gasteiger partial charge in [0.15, 0.2) is 0 Å². The average molecular weight is 448 g/mol. The highest BCUT2D eigenvalue weighted by atomic mass is 79.9. The number of aryl methyl sites for hydroxylation is 1. The van der Waals surface area contributed by atoms with Gasteiger partial charge in [-0.3, -0.25) is 14.5 Å². The number of benzene rings is 2. The third kappa shape index (κ3) is 5.62. The zero-order valence-corrected chi connectivity index (χ0v) is 17.3. The van der Waals surface area contributed by atoms with Gasteiger partial charge >= 0.3 is 0 Å². The van der Waals surface area contributed by atoms with Crippen molar-refractivity contribution >= 4 is 39.1 Å². The number of anilines is 2. The fourth-order valence-electron chi connectivity index (χ4n) is 3.26. The summed E-state index contributed by atoms with van der Waals surface area (Å²) in [6.45, 7) is 3.62. The van der Waals surface area contributed by atoms with E-state index in [1.807, 2.05) is 30.0 Å². The molecule has 3 rings (SSSR count). The molecule has 5 nitrogen and oxygen atoms in total. The van der Waals surface area contributed by atoms with Crippen molar-refractivity contribution in [3.05, 3.63) is 58.3 Å². The number of amides is 2. The molecule has 0 aromatic heterocycles. The van der Waals surface area contributed by atoms with Crippen LogP contribution in [0.2, 0.25) is 0 Å².